The molecule has 162 valence electrons. The van der Waals surface area contributed by atoms with Crippen molar-refractivity contribution in [2.24, 2.45) is 5.92 Å². The van der Waals surface area contributed by atoms with Gasteiger partial charge in [-0.2, -0.15) is 0 Å². The number of amides is 2. The lowest BCUT2D eigenvalue weighted by Crippen LogP contribution is -2.33. The monoisotopic (exact) mass is 432 g/mol. The molecule has 0 atom stereocenters. The number of aryl methyl sites for hydroxylation is 3. The summed E-state index contributed by atoms with van der Waals surface area (Å²) in [6.07, 6.45) is 0. The fourth-order valence-electron chi connectivity index (χ4n) is 3.06. The van der Waals surface area contributed by atoms with Crippen molar-refractivity contribution in [2.45, 2.75) is 34.6 Å². The van der Waals surface area contributed by atoms with Crippen molar-refractivity contribution >= 4 is 29.1 Å². The third kappa shape index (κ3) is 6.13. The zero-order valence-electron chi connectivity index (χ0n) is 18.3. The lowest BCUT2D eigenvalue weighted by atomic mass is 10.1. The van der Waals surface area contributed by atoms with Gasteiger partial charge < -0.3 is 20.1 Å². The minimum Gasteiger partial charge on any atom is -0.493 e. The van der Waals surface area contributed by atoms with Crippen LogP contribution in [0.2, 0.25) is 5.02 Å². The van der Waals surface area contributed by atoms with Crippen LogP contribution in [-0.2, 0) is 4.79 Å². The number of benzene rings is 2. The summed E-state index contributed by atoms with van der Waals surface area (Å²) in [6, 6.07) is 7.04. The zero-order chi connectivity index (χ0) is 22.4. The summed E-state index contributed by atoms with van der Waals surface area (Å²) < 4.78 is 11.0. The molecule has 0 heterocycles. The Morgan fingerprint density at radius 3 is 2.27 bits per heavy atom. The largest absolute Gasteiger partial charge is 0.493 e. The first-order valence-electron chi connectivity index (χ1n) is 9.78. The molecule has 2 aromatic rings. The zero-order valence-corrected chi connectivity index (χ0v) is 19.1. The molecular formula is C23H29ClN2O4. The lowest BCUT2D eigenvalue weighted by Gasteiger charge is -2.16. The normalized spacial score (nSPS) is 10.7. The third-order valence-corrected chi connectivity index (χ3v) is 4.68. The van der Waals surface area contributed by atoms with Gasteiger partial charge in [0.15, 0.2) is 11.5 Å². The van der Waals surface area contributed by atoms with Crippen LogP contribution in [0.1, 0.15) is 40.9 Å². The molecule has 2 N–H and O–H groups in total. The van der Waals surface area contributed by atoms with Gasteiger partial charge in [-0.25, -0.2) is 0 Å². The average Bonchev–Trinajstić information content (AvgIpc) is 2.67. The summed E-state index contributed by atoms with van der Waals surface area (Å²) in [5.41, 5.74) is 4.12. The van der Waals surface area contributed by atoms with Gasteiger partial charge in [-0.1, -0.05) is 43.1 Å². The first-order chi connectivity index (χ1) is 14.1. The van der Waals surface area contributed by atoms with Gasteiger partial charge in [0.05, 0.1) is 25.3 Å². The molecule has 0 saturated carbocycles. The molecule has 2 aromatic carbocycles. The highest BCUT2D eigenvalue weighted by atomic mass is 35.5. The van der Waals surface area contributed by atoms with Crippen molar-refractivity contribution in [1.29, 1.82) is 0 Å². The summed E-state index contributed by atoms with van der Waals surface area (Å²) in [5.74, 6) is 0.329. The van der Waals surface area contributed by atoms with Gasteiger partial charge in [0, 0.05) is 11.3 Å². The topological polar surface area (TPSA) is 76.7 Å². The number of nitrogens with one attached hydrogen (secondary N) is 2. The van der Waals surface area contributed by atoms with Crippen LogP contribution < -0.4 is 20.1 Å². The minimum atomic E-state index is -0.432. The van der Waals surface area contributed by atoms with Gasteiger partial charge in [0.2, 0.25) is 5.91 Å². The van der Waals surface area contributed by atoms with Crippen molar-refractivity contribution in [1.82, 2.24) is 5.32 Å². The minimum absolute atomic E-state index is 0.170. The number of hydrogen-bond acceptors (Lipinski definition) is 4. The maximum atomic E-state index is 12.5. The van der Waals surface area contributed by atoms with Gasteiger partial charge in [-0.15, -0.1) is 0 Å². The summed E-state index contributed by atoms with van der Waals surface area (Å²) in [4.78, 5) is 24.9. The molecule has 0 saturated heterocycles. The second-order valence-corrected chi connectivity index (χ2v) is 8.11. The van der Waals surface area contributed by atoms with Gasteiger partial charge in [0.25, 0.3) is 5.91 Å². The van der Waals surface area contributed by atoms with Crippen molar-refractivity contribution in [2.75, 3.05) is 25.6 Å². The average molecular weight is 433 g/mol. The van der Waals surface area contributed by atoms with E-state index < -0.39 is 5.91 Å². The molecule has 2 amide bonds. The number of halogens is 1. The number of ether oxygens (including phenoxy) is 2. The molecule has 0 aliphatic heterocycles. The number of anilines is 1. The predicted octanol–water partition coefficient (Wildman–Crippen LogP) is 4.68. The van der Waals surface area contributed by atoms with Gasteiger partial charge >= 0.3 is 0 Å². The van der Waals surface area contributed by atoms with E-state index >= 15 is 0 Å². The molecule has 0 fully saturated rings. The first-order valence-corrected chi connectivity index (χ1v) is 10.2. The number of carbonyl (C=O) groups is 2. The first kappa shape index (κ1) is 23.5. The van der Waals surface area contributed by atoms with E-state index in [0.29, 0.717) is 24.0 Å². The maximum Gasteiger partial charge on any atom is 0.251 e. The highest BCUT2D eigenvalue weighted by Gasteiger charge is 2.17. The molecule has 0 aliphatic carbocycles. The quantitative estimate of drug-likeness (QED) is 0.635. The van der Waals surface area contributed by atoms with Crippen LogP contribution in [0.3, 0.4) is 0 Å². The van der Waals surface area contributed by atoms with E-state index in [1.54, 1.807) is 6.07 Å². The Morgan fingerprint density at radius 2 is 1.70 bits per heavy atom. The highest BCUT2D eigenvalue weighted by Crippen LogP contribution is 2.36. The summed E-state index contributed by atoms with van der Waals surface area (Å²) in [5, 5.41) is 5.74. The van der Waals surface area contributed by atoms with Crippen LogP contribution in [0.4, 0.5) is 5.69 Å². The molecule has 6 nitrogen and oxygen atoms in total. The van der Waals surface area contributed by atoms with Crippen molar-refractivity contribution in [3.63, 3.8) is 0 Å². The molecule has 30 heavy (non-hydrogen) atoms. The van der Waals surface area contributed by atoms with Crippen molar-refractivity contribution in [3.8, 4) is 11.5 Å². The Kier molecular flexibility index (Phi) is 8.12. The highest BCUT2D eigenvalue weighted by molar-refractivity contribution is 6.32. The van der Waals surface area contributed by atoms with Crippen LogP contribution in [0.25, 0.3) is 0 Å². The molecule has 2 rings (SSSR count). The van der Waals surface area contributed by atoms with Gasteiger partial charge in [-0.05, 0) is 49.9 Å². The van der Waals surface area contributed by atoms with E-state index in [1.807, 2.05) is 46.8 Å². The van der Waals surface area contributed by atoms with Crippen LogP contribution >= 0.6 is 11.6 Å². The SMILES string of the molecule is COc1cc(C(=O)NCC(=O)Nc2c(C)cc(C)cc2C)cc(Cl)c1OCC(C)C. The second-order valence-electron chi connectivity index (χ2n) is 7.70. The Labute approximate surface area is 182 Å². The third-order valence-electron chi connectivity index (χ3n) is 4.40. The fraction of sp³-hybridized carbons (Fsp3) is 0.391. The van der Waals surface area contributed by atoms with E-state index in [9.17, 15) is 9.59 Å². The Hall–Kier alpha value is -2.73. The molecule has 0 unspecified atom stereocenters. The van der Waals surface area contributed by atoms with E-state index in [-0.39, 0.29) is 23.0 Å². The summed E-state index contributed by atoms with van der Waals surface area (Å²) in [7, 11) is 1.48. The number of hydrogen-bond donors (Lipinski definition) is 2. The van der Waals surface area contributed by atoms with Crippen molar-refractivity contribution < 1.29 is 19.1 Å². The Morgan fingerprint density at radius 1 is 1.07 bits per heavy atom. The van der Waals surface area contributed by atoms with Crippen molar-refractivity contribution in [3.05, 3.63) is 51.5 Å². The smallest absolute Gasteiger partial charge is 0.251 e. The van der Waals surface area contributed by atoms with E-state index in [1.165, 1.54) is 13.2 Å². The molecule has 7 heteroatoms. The van der Waals surface area contributed by atoms with E-state index in [2.05, 4.69) is 10.6 Å². The lowest BCUT2D eigenvalue weighted by molar-refractivity contribution is -0.115. The molecule has 0 aromatic heterocycles. The summed E-state index contributed by atoms with van der Waals surface area (Å²) >= 11 is 6.29. The van der Waals surface area contributed by atoms with E-state index in [0.717, 1.165) is 22.4 Å². The number of rotatable bonds is 8. The molecular weight excluding hydrogens is 404 g/mol. The molecule has 0 radical (unpaired) electrons. The fourth-order valence-corrected chi connectivity index (χ4v) is 3.33. The van der Waals surface area contributed by atoms with Crippen LogP contribution in [0.15, 0.2) is 24.3 Å². The Bertz CT molecular complexity index is 918. The number of methoxy groups -OCH3 is 1. The van der Waals surface area contributed by atoms with Crippen LogP contribution in [0.5, 0.6) is 11.5 Å². The van der Waals surface area contributed by atoms with Crippen LogP contribution in [0, 0.1) is 26.7 Å². The molecule has 0 spiro atoms. The second kappa shape index (κ2) is 10.3. The number of carbonyl (C=O) groups excluding carboxylic acids is 2. The molecule has 0 aliphatic rings. The summed E-state index contributed by atoms with van der Waals surface area (Å²) in [6.45, 7) is 10.2. The van der Waals surface area contributed by atoms with Gasteiger partial charge in [0.1, 0.15) is 0 Å². The Balaban J connectivity index is 2.05. The maximum absolute atomic E-state index is 12.5. The van der Waals surface area contributed by atoms with E-state index in [4.69, 9.17) is 21.1 Å². The standard InChI is InChI=1S/C23H29ClN2O4/c1-13(2)12-30-22-18(24)9-17(10-19(22)29-6)23(28)25-11-20(27)26-21-15(4)7-14(3)8-16(21)5/h7-10,13H,11-12H2,1-6H3,(H,25,28)(H,26,27). The van der Waals surface area contributed by atoms with Crippen LogP contribution in [-0.4, -0.2) is 32.1 Å². The van der Waals surface area contributed by atoms with Gasteiger partial charge in [-0.3, -0.25) is 9.59 Å². The molecule has 0 bridgehead atoms. The predicted molar refractivity (Wildman–Crippen MR) is 120 cm³/mol.